The average Bonchev–Trinajstić information content (AvgIpc) is 2.56. The molecule has 0 unspecified atom stereocenters. The number of rotatable bonds is 3. The van der Waals surface area contributed by atoms with E-state index in [1.54, 1.807) is 30.9 Å². The summed E-state index contributed by atoms with van der Waals surface area (Å²) in [5, 5.41) is 0. The number of carbonyl (C=O) groups is 1. The number of hydrogen-bond acceptors (Lipinski definition) is 4. The molecule has 0 aromatic carbocycles. The van der Waals surface area contributed by atoms with Gasteiger partial charge >= 0.3 is 0 Å². The van der Waals surface area contributed by atoms with Crippen LogP contribution in [0.25, 0.3) is 22.4 Å². The Morgan fingerprint density at radius 1 is 0.850 bits per heavy atom. The molecular weight excluding hydrogens is 250 g/mol. The van der Waals surface area contributed by atoms with E-state index in [4.69, 9.17) is 0 Å². The Bertz CT molecular complexity index is 727. The molecule has 0 spiro atoms. The topological polar surface area (TPSA) is 55.7 Å². The molecule has 0 radical (unpaired) electrons. The van der Waals surface area contributed by atoms with E-state index < -0.39 is 0 Å². The van der Waals surface area contributed by atoms with E-state index in [-0.39, 0.29) is 0 Å². The van der Waals surface area contributed by atoms with Gasteiger partial charge in [-0.25, -0.2) is 4.98 Å². The first-order valence-corrected chi connectivity index (χ1v) is 6.15. The molecule has 3 heterocycles. The van der Waals surface area contributed by atoms with Crippen molar-refractivity contribution in [2.24, 2.45) is 0 Å². The lowest BCUT2D eigenvalue weighted by Gasteiger charge is -2.09. The maximum atomic E-state index is 10.9. The standard InChI is InChI=1S/C16H11N3O/c20-11-14-5-6-15(12-3-1-7-17-9-12)16(19-14)13-4-2-8-18-10-13/h1-11H. The number of aromatic nitrogens is 3. The van der Waals surface area contributed by atoms with Crippen molar-refractivity contribution in [1.82, 2.24) is 15.0 Å². The molecule has 0 aliphatic heterocycles. The molecule has 0 bridgehead atoms. The summed E-state index contributed by atoms with van der Waals surface area (Å²) in [6.07, 6.45) is 7.68. The van der Waals surface area contributed by atoms with E-state index in [2.05, 4.69) is 15.0 Å². The van der Waals surface area contributed by atoms with Gasteiger partial charge in [0.1, 0.15) is 5.69 Å². The van der Waals surface area contributed by atoms with Gasteiger partial charge in [-0.15, -0.1) is 0 Å². The first-order chi connectivity index (χ1) is 9.88. The van der Waals surface area contributed by atoms with Crippen molar-refractivity contribution >= 4 is 6.29 Å². The second-order valence-corrected chi connectivity index (χ2v) is 4.23. The summed E-state index contributed by atoms with van der Waals surface area (Å²) in [4.78, 5) is 23.6. The van der Waals surface area contributed by atoms with Gasteiger partial charge in [-0.2, -0.15) is 0 Å². The zero-order valence-electron chi connectivity index (χ0n) is 10.6. The van der Waals surface area contributed by atoms with Crippen molar-refractivity contribution in [3.8, 4) is 22.4 Å². The van der Waals surface area contributed by atoms with Crippen LogP contribution in [0.1, 0.15) is 10.5 Å². The molecule has 0 saturated carbocycles. The third-order valence-electron chi connectivity index (χ3n) is 2.95. The third kappa shape index (κ3) is 2.31. The quantitative estimate of drug-likeness (QED) is 0.680. The molecule has 0 saturated heterocycles. The Balaban J connectivity index is 2.23. The fraction of sp³-hybridized carbons (Fsp3) is 0. The Kier molecular flexibility index (Phi) is 3.29. The number of nitrogens with zero attached hydrogens (tertiary/aromatic N) is 3. The Hall–Kier alpha value is -2.88. The van der Waals surface area contributed by atoms with Crippen molar-refractivity contribution in [1.29, 1.82) is 0 Å². The van der Waals surface area contributed by atoms with Gasteiger partial charge in [0.15, 0.2) is 6.29 Å². The second-order valence-electron chi connectivity index (χ2n) is 4.23. The maximum Gasteiger partial charge on any atom is 0.168 e. The minimum Gasteiger partial charge on any atom is -0.296 e. The molecule has 0 atom stereocenters. The minimum atomic E-state index is 0.400. The summed E-state index contributed by atoms with van der Waals surface area (Å²) in [5.74, 6) is 0. The maximum absolute atomic E-state index is 10.9. The smallest absolute Gasteiger partial charge is 0.168 e. The van der Waals surface area contributed by atoms with Crippen LogP contribution in [0.3, 0.4) is 0 Å². The lowest BCUT2D eigenvalue weighted by molar-refractivity contribution is 0.111. The molecule has 4 heteroatoms. The number of carbonyl (C=O) groups excluding carboxylic acids is 1. The first kappa shape index (κ1) is 12.2. The van der Waals surface area contributed by atoms with Gasteiger partial charge in [0, 0.05) is 41.5 Å². The van der Waals surface area contributed by atoms with Crippen LogP contribution in [-0.2, 0) is 0 Å². The van der Waals surface area contributed by atoms with Crippen LogP contribution in [-0.4, -0.2) is 21.2 Å². The van der Waals surface area contributed by atoms with Gasteiger partial charge in [-0.3, -0.25) is 14.8 Å². The molecule has 3 aromatic rings. The van der Waals surface area contributed by atoms with Gasteiger partial charge in [0.05, 0.1) is 5.69 Å². The number of aldehydes is 1. The van der Waals surface area contributed by atoms with Crippen LogP contribution in [0.2, 0.25) is 0 Å². The fourth-order valence-electron chi connectivity index (χ4n) is 2.02. The van der Waals surface area contributed by atoms with Crippen molar-refractivity contribution in [2.75, 3.05) is 0 Å². The van der Waals surface area contributed by atoms with Crippen LogP contribution < -0.4 is 0 Å². The predicted octanol–water partition coefficient (Wildman–Crippen LogP) is 3.02. The zero-order chi connectivity index (χ0) is 13.8. The lowest BCUT2D eigenvalue weighted by atomic mass is 10.0. The van der Waals surface area contributed by atoms with E-state index in [1.165, 1.54) is 0 Å². The predicted molar refractivity (Wildman–Crippen MR) is 76.1 cm³/mol. The highest BCUT2D eigenvalue weighted by molar-refractivity contribution is 5.83. The molecule has 0 amide bonds. The van der Waals surface area contributed by atoms with Crippen LogP contribution in [0.5, 0.6) is 0 Å². The Labute approximate surface area is 116 Å². The van der Waals surface area contributed by atoms with E-state index in [0.29, 0.717) is 5.69 Å². The molecular formula is C16H11N3O. The normalized spacial score (nSPS) is 10.2. The van der Waals surface area contributed by atoms with Gasteiger partial charge in [-0.05, 0) is 30.3 Å². The first-order valence-electron chi connectivity index (χ1n) is 6.15. The largest absolute Gasteiger partial charge is 0.296 e. The van der Waals surface area contributed by atoms with E-state index >= 15 is 0 Å². The fourth-order valence-corrected chi connectivity index (χ4v) is 2.02. The molecule has 0 aliphatic rings. The van der Waals surface area contributed by atoms with Crippen LogP contribution >= 0.6 is 0 Å². The highest BCUT2D eigenvalue weighted by Gasteiger charge is 2.10. The summed E-state index contributed by atoms with van der Waals surface area (Å²) >= 11 is 0. The zero-order valence-corrected chi connectivity index (χ0v) is 10.6. The van der Waals surface area contributed by atoms with Gasteiger partial charge in [-0.1, -0.05) is 6.07 Å². The monoisotopic (exact) mass is 261 g/mol. The van der Waals surface area contributed by atoms with Crippen molar-refractivity contribution in [3.05, 3.63) is 66.9 Å². The van der Waals surface area contributed by atoms with E-state index in [9.17, 15) is 4.79 Å². The Morgan fingerprint density at radius 3 is 2.15 bits per heavy atom. The van der Waals surface area contributed by atoms with Crippen LogP contribution in [0.4, 0.5) is 0 Å². The summed E-state index contributed by atoms with van der Waals surface area (Å²) in [5.41, 5.74) is 3.88. The van der Waals surface area contributed by atoms with Gasteiger partial charge in [0.25, 0.3) is 0 Å². The summed E-state index contributed by atoms with van der Waals surface area (Å²) in [6, 6.07) is 11.2. The SMILES string of the molecule is O=Cc1ccc(-c2cccnc2)c(-c2cccnc2)n1. The molecule has 3 rings (SSSR count). The molecule has 3 aromatic heterocycles. The average molecular weight is 261 g/mol. The van der Waals surface area contributed by atoms with Crippen molar-refractivity contribution in [3.63, 3.8) is 0 Å². The summed E-state index contributed by atoms with van der Waals surface area (Å²) < 4.78 is 0. The Morgan fingerprint density at radius 2 is 1.55 bits per heavy atom. The van der Waals surface area contributed by atoms with Gasteiger partial charge < -0.3 is 0 Å². The molecule has 96 valence electrons. The molecule has 20 heavy (non-hydrogen) atoms. The number of pyridine rings is 3. The number of hydrogen-bond donors (Lipinski definition) is 0. The minimum absolute atomic E-state index is 0.400. The molecule has 0 aliphatic carbocycles. The molecule has 4 nitrogen and oxygen atoms in total. The van der Waals surface area contributed by atoms with Gasteiger partial charge in [0.2, 0.25) is 0 Å². The molecule has 0 N–H and O–H groups in total. The lowest BCUT2D eigenvalue weighted by Crippen LogP contribution is -1.94. The van der Waals surface area contributed by atoms with Crippen molar-refractivity contribution in [2.45, 2.75) is 0 Å². The summed E-state index contributed by atoms with van der Waals surface area (Å²) in [6.45, 7) is 0. The molecule has 0 fully saturated rings. The van der Waals surface area contributed by atoms with Crippen molar-refractivity contribution < 1.29 is 4.79 Å². The van der Waals surface area contributed by atoms with Crippen LogP contribution in [0, 0.1) is 0 Å². The second kappa shape index (κ2) is 5.40. The third-order valence-corrected chi connectivity index (χ3v) is 2.95. The van der Waals surface area contributed by atoms with Crippen LogP contribution in [0.15, 0.2) is 61.2 Å². The summed E-state index contributed by atoms with van der Waals surface area (Å²) in [7, 11) is 0. The van der Waals surface area contributed by atoms with E-state index in [0.717, 1.165) is 28.7 Å². The van der Waals surface area contributed by atoms with E-state index in [1.807, 2.05) is 30.3 Å². The highest BCUT2D eigenvalue weighted by atomic mass is 16.1. The highest BCUT2D eigenvalue weighted by Crippen LogP contribution is 2.29.